The Morgan fingerprint density at radius 1 is 1.21 bits per heavy atom. The molecule has 19 heavy (non-hydrogen) atoms. The predicted molar refractivity (Wildman–Crippen MR) is 61.5 cm³/mol. The van der Waals surface area contributed by atoms with E-state index in [0.29, 0.717) is 10.9 Å². The van der Waals surface area contributed by atoms with E-state index < -0.39 is 24.4 Å². The Morgan fingerprint density at radius 2 is 1.95 bits per heavy atom. The van der Waals surface area contributed by atoms with Gasteiger partial charge in [0.2, 0.25) is 0 Å². The van der Waals surface area contributed by atoms with Crippen LogP contribution in [-0.2, 0) is 11.2 Å². The number of aliphatic hydroxyl groups is 1. The quantitative estimate of drug-likeness (QED) is 0.724. The molecule has 0 bridgehead atoms. The fourth-order valence-electron chi connectivity index (χ4n) is 1.86. The number of Topliss-reactive ketones (excluding diaryl/α,β-unsaturated/α-hetero) is 1. The molecule has 0 fully saturated rings. The first kappa shape index (κ1) is 13.0. The van der Waals surface area contributed by atoms with Gasteiger partial charge in [-0.25, -0.2) is 9.59 Å². The van der Waals surface area contributed by atoms with E-state index in [0.717, 1.165) is 0 Å². The van der Waals surface area contributed by atoms with Crippen LogP contribution < -0.4 is 10.7 Å². The Balaban J connectivity index is 2.51. The molecule has 0 saturated heterocycles. The van der Waals surface area contributed by atoms with E-state index in [1.807, 2.05) is 0 Å². The number of rotatable bonds is 5. The van der Waals surface area contributed by atoms with Crippen molar-refractivity contribution in [1.82, 2.24) is 0 Å². The number of urea groups is 1. The van der Waals surface area contributed by atoms with Crippen LogP contribution in [-0.4, -0.2) is 34.6 Å². The highest BCUT2D eigenvalue weighted by Gasteiger charge is 2.17. The number of hydrogen-bond donors (Lipinski definition) is 2. The maximum Gasteiger partial charge on any atom is 0.368 e. The molecule has 2 rings (SSSR count). The Labute approximate surface area is 106 Å². The SMILES string of the molecule is O=C(CO)CCc1c(C(=O)O)ccc2c1=NC(=O)N=2. The lowest BCUT2D eigenvalue weighted by Crippen LogP contribution is -2.29. The highest BCUT2D eigenvalue weighted by Crippen LogP contribution is 2.07. The van der Waals surface area contributed by atoms with E-state index in [1.165, 1.54) is 12.1 Å². The van der Waals surface area contributed by atoms with Crippen LogP contribution in [0.2, 0.25) is 0 Å². The van der Waals surface area contributed by atoms with Crippen LogP contribution in [0.15, 0.2) is 22.1 Å². The molecular formula is C12H10N2O5. The molecule has 1 aliphatic heterocycles. The Morgan fingerprint density at radius 3 is 2.58 bits per heavy atom. The van der Waals surface area contributed by atoms with Gasteiger partial charge in [0.25, 0.3) is 0 Å². The van der Waals surface area contributed by atoms with Gasteiger partial charge < -0.3 is 10.2 Å². The fraction of sp³-hybridized carbons (Fsp3) is 0.250. The number of fused-ring (bicyclic) bond motifs is 1. The number of carbonyl (C=O) groups is 3. The Hall–Kier alpha value is -2.41. The molecule has 0 saturated carbocycles. The third-order valence-corrected chi connectivity index (χ3v) is 2.75. The summed E-state index contributed by atoms with van der Waals surface area (Å²) < 4.78 is 0. The molecule has 2 amide bonds. The molecule has 0 aliphatic carbocycles. The smallest absolute Gasteiger partial charge is 0.368 e. The van der Waals surface area contributed by atoms with Crippen LogP contribution in [0.25, 0.3) is 0 Å². The number of aromatic carboxylic acids is 1. The van der Waals surface area contributed by atoms with Crippen molar-refractivity contribution in [3.63, 3.8) is 0 Å². The van der Waals surface area contributed by atoms with Gasteiger partial charge in [0.15, 0.2) is 5.78 Å². The van der Waals surface area contributed by atoms with Crippen LogP contribution >= 0.6 is 0 Å². The van der Waals surface area contributed by atoms with Crippen LogP contribution in [0, 0.1) is 0 Å². The highest BCUT2D eigenvalue weighted by atomic mass is 16.4. The lowest BCUT2D eigenvalue weighted by atomic mass is 10.0. The summed E-state index contributed by atoms with van der Waals surface area (Å²) in [4.78, 5) is 40.7. The Kier molecular flexibility index (Phi) is 3.48. The average Bonchev–Trinajstić information content (AvgIpc) is 2.75. The summed E-state index contributed by atoms with van der Waals surface area (Å²) in [7, 11) is 0. The number of amides is 2. The molecule has 1 heterocycles. The van der Waals surface area contributed by atoms with Gasteiger partial charge in [-0.1, -0.05) is 0 Å². The van der Waals surface area contributed by atoms with Crippen molar-refractivity contribution < 1.29 is 24.6 Å². The van der Waals surface area contributed by atoms with E-state index in [-0.39, 0.29) is 23.8 Å². The predicted octanol–water partition coefficient (Wildman–Crippen LogP) is -0.748. The minimum absolute atomic E-state index is 0.0156. The van der Waals surface area contributed by atoms with Gasteiger partial charge in [-0.2, -0.15) is 9.98 Å². The summed E-state index contributed by atoms with van der Waals surface area (Å²) in [6.45, 7) is -0.599. The molecule has 0 atom stereocenters. The normalized spacial score (nSPS) is 12.6. The van der Waals surface area contributed by atoms with E-state index in [9.17, 15) is 14.4 Å². The zero-order valence-corrected chi connectivity index (χ0v) is 9.79. The summed E-state index contributed by atoms with van der Waals surface area (Å²) in [6.07, 6.45) is 0.0768. The topological polar surface area (TPSA) is 116 Å². The van der Waals surface area contributed by atoms with E-state index in [1.54, 1.807) is 0 Å². The maximum absolute atomic E-state index is 11.1. The van der Waals surface area contributed by atoms with Crippen LogP contribution in [0.5, 0.6) is 0 Å². The van der Waals surface area contributed by atoms with Gasteiger partial charge in [0, 0.05) is 6.42 Å². The third kappa shape index (κ3) is 2.55. The number of carbonyl (C=O) groups excluding carboxylic acids is 2. The lowest BCUT2D eigenvalue weighted by molar-refractivity contribution is -0.121. The number of ketones is 1. The second-order valence-corrected chi connectivity index (χ2v) is 3.97. The minimum atomic E-state index is -1.16. The van der Waals surface area contributed by atoms with Crippen molar-refractivity contribution in [1.29, 1.82) is 0 Å². The molecule has 0 radical (unpaired) electrons. The molecule has 7 nitrogen and oxygen atoms in total. The van der Waals surface area contributed by atoms with E-state index >= 15 is 0 Å². The second kappa shape index (κ2) is 5.07. The zero-order valence-electron chi connectivity index (χ0n) is 9.79. The fourth-order valence-corrected chi connectivity index (χ4v) is 1.86. The number of aliphatic hydroxyl groups excluding tert-OH is 1. The number of carboxylic acids is 1. The second-order valence-electron chi connectivity index (χ2n) is 3.97. The minimum Gasteiger partial charge on any atom is -0.478 e. The summed E-state index contributed by atoms with van der Waals surface area (Å²) in [5.74, 6) is -1.57. The monoisotopic (exact) mass is 262 g/mol. The van der Waals surface area contributed by atoms with Crippen molar-refractivity contribution in [2.45, 2.75) is 12.8 Å². The molecular weight excluding hydrogens is 252 g/mol. The van der Waals surface area contributed by atoms with Crippen LogP contribution in [0.4, 0.5) is 4.79 Å². The zero-order chi connectivity index (χ0) is 14.0. The van der Waals surface area contributed by atoms with Crippen LogP contribution in [0.3, 0.4) is 0 Å². The molecule has 0 aromatic heterocycles. The molecule has 7 heteroatoms. The summed E-state index contributed by atoms with van der Waals surface area (Å²) in [5, 5.41) is 18.3. The van der Waals surface area contributed by atoms with E-state index in [2.05, 4.69) is 9.98 Å². The van der Waals surface area contributed by atoms with Crippen molar-refractivity contribution in [3.05, 3.63) is 34.0 Å². The molecule has 2 N–H and O–H groups in total. The van der Waals surface area contributed by atoms with Gasteiger partial charge >= 0.3 is 12.0 Å². The van der Waals surface area contributed by atoms with Gasteiger partial charge in [0.1, 0.15) is 6.61 Å². The number of carboxylic acid groups (broad SMARTS) is 1. The summed E-state index contributed by atoms with van der Waals surface area (Å²) in [5.41, 5.74) is 0.277. The van der Waals surface area contributed by atoms with Gasteiger partial charge in [-0.3, -0.25) is 4.79 Å². The van der Waals surface area contributed by atoms with Crippen molar-refractivity contribution in [2.75, 3.05) is 6.61 Å². The standard InChI is InChI=1S/C12H10N2O5/c15-5-6(16)1-2-7-8(11(17)18)3-4-9-10(7)14-12(19)13-9/h3-4,15H,1-2,5H2,(H,17,18). The number of hydrogen-bond acceptors (Lipinski definition) is 4. The third-order valence-electron chi connectivity index (χ3n) is 2.75. The largest absolute Gasteiger partial charge is 0.478 e. The van der Waals surface area contributed by atoms with Gasteiger partial charge in [-0.15, -0.1) is 0 Å². The molecule has 1 aromatic carbocycles. The molecule has 0 spiro atoms. The Bertz CT molecular complexity index is 693. The van der Waals surface area contributed by atoms with Gasteiger partial charge in [-0.05, 0) is 24.1 Å². The maximum atomic E-state index is 11.1. The van der Waals surface area contributed by atoms with Gasteiger partial charge in [0.05, 0.1) is 16.3 Å². The number of nitrogens with zero attached hydrogens (tertiary/aromatic N) is 2. The highest BCUT2D eigenvalue weighted by molar-refractivity contribution is 5.90. The van der Waals surface area contributed by atoms with Crippen molar-refractivity contribution in [3.8, 4) is 0 Å². The first-order valence-electron chi connectivity index (χ1n) is 5.52. The van der Waals surface area contributed by atoms with Crippen molar-refractivity contribution in [2.24, 2.45) is 9.98 Å². The molecule has 98 valence electrons. The van der Waals surface area contributed by atoms with E-state index in [4.69, 9.17) is 10.2 Å². The molecule has 0 unspecified atom stereocenters. The van der Waals surface area contributed by atoms with Crippen molar-refractivity contribution >= 4 is 17.8 Å². The summed E-state index contributed by atoms with van der Waals surface area (Å²) in [6, 6.07) is 2.05. The first-order valence-corrected chi connectivity index (χ1v) is 5.52. The first-order chi connectivity index (χ1) is 9.02. The molecule has 1 aromatic rings. The van der Waals surface area contributed by atoms with Crippen LogP contribution in [0.1, 0.15) is 22.3 Å². The summed E-state index contributed by atoms with van der Waals surface area (Å²) >= 11 is 0. The lowest BCUT2D eigenvalue weighted by Gasteiger charge is -2.04. The number of benzene rings is 1. The molecule has 1 aliphatic rings. The average molecular weight is 262 g/mol.